The maximum Gasteiger partial charge on any atom is 0.122 e. The molecule has 0 heterocycles. The first-order valence-electron chi connectivity index (χ1n) is 4.46. The molecule has 0 aliphatic heterocycles. The molecule has 0 fully saturated rings. The van der Waals surface area contributed by atoms with Crippen molar-refractivity contribution in [1.82, 2.24) is 0 Å². The van der Waals surface area contributed by atoms with Gasteiger partial charge in [-0.25, -0.2) is 0 Å². The molecule has 0 unspecified atom stereocenters. The second-order valence-corrected chi connectivity index (χ2v) is 2.98. The molecule has 0 saturated heterocycles. The Balaban J connectivity index is 0.000000671. The van der Waals surface area contributed by atoms with E-state index in [0.29, 0.717) is 0 Å². The summed E-state index contributed by atoms with van der Waals surface area (Å²) >= 11 is 5.89. The molecule has 0 amide bonds. The van der Waals surface area contributed by atoms with E-state index >= 15 is 0 Å². The Labute approximate surface area is 85.7 Å². The first-order chi connectivity index (χ1) is 6.15. The third-order valence-corrected chi connectivity index (χ3v) is 2.08. The van der Waals surface area contributed by atoms with Crippen LogP contribution in [0, 0.1) is 13.8 Å². The van der Waals surface area contributed by atoms with Gasteiger partial charge in [-0.1, -0.05) is 25.4 Å². The Morgan fingerprint density at radius 1 is 1.08 bits per heavy atom. The highest BCUT2D eigenvalue weighted by molar-refractivity contribution is 6.31. The van der Waals surface area contributed by atoms with Gasteiger partial charge in [0.25, 0.3) is 0 Å². The van der Waals surface area contributed by atoms with Gasteiger partial charge in [-0.2, -0.15) is 0 Å². The SMILES string of the molecule is CC.COc1cc(C)c(Cl)cc1C. The molecule has 2 heteroatoms. The van der Waals surface area contributed by atoms with Gasteiger partial charge in [-0.3, -0.25) is 0 Å². The highest BCUT2D eigenvalue weighted by Gasteiger charge is 2.01. The molecule has 0 atom stereocenters. The molecule has 0 saturated carbocycles. The number of ether oxygens (including phenoxy) is 1. The fourth-order valence-corrected chi connectivity index (χ4v) is 1.19. The van der Waals surface area contributed by atoms with E-state index in [0.717, 1.165) is 21.9 Å². The molecular weight excluding hydrogens is 184 g/mol. The molecule has 0 aliphatic carbocycles. The molecule has 0 aromatic heterocycles. The zero-order valence-electron chi connectivity index (χ0n) is 8.94. The standard InChI is InChI=1S/C9H11ClO.C2H6/c1-6-5-9(11-3)7(2)4-8(6)10;1-2/h4-5H,1-3H3;1-2H3. The molecule has 0 aliphatic rings. The third-order valence-electron chi connectivity index (χ3n) is 1.68. The Hall–Kier alpha value is -0.690. The normalized spacial score (nSPS) is 8.77. The number of hydrogen-bond donors (Lipinski definition) is 0. The minimum Gasteiger partial charge on any atom is -0.496 e. The largest absolute Gasteiger partial charge is 0.496 e. The van der Waals surface area contributed by atoms with Crippen LogP contribution in [0.3, 0.4) is 0 Å². The van der Waals surface area contributed by atoms with Crippen LogP contribution in [0.4, 0.5) is 0 Å². The van der Waals surface area contributed by atoms with E-state index in [-0.39, 0.29) is 0 Å². The Kier molecular flexibility index (Phi) is 5.56. The summed E-state index contributed by atoms with van der Waals surface area (Å²) in [5.41, 5.74) is 2.12. The second kappa shape index (κ2) is 5.87. The monoisotopic (exact) mass is 200 g/mol. The second-order valence-electron chi connectivity index (χ2n) is 2.57. The topological polar surface area (TPSA) is 9.23 Å². The van der Waals surface area contributed by atoms with Gasteiger partial charge in [0.05, 0.1) is 7.11 Å². The van der Waals surface area contributed by atoms with Crippen molar-refractivity contribution >= 4 is 11.6 Å². The molecule has 1 nitrogen and oxygen atoms in total. The minimum atomic E-state index is 0.795. The fourth-order valence-electron chi connectivity index (χ4n) is 0.974. The van der Waals surface area contributed by atoms with Crippen LogP contribution in [-0.4, -0.2) is 7.11 Å². The van der Waals surface area contributed by atoms with Crippen molar-refractivity contribution in [2.75, 3.05) is 7.11 Å². The summed E-state index contributed by atoms with van der Waals surface area (Å²) in [4.78, 5) is 0. The van der Waals surface area contributed by atoms with Crippen molar-refractivity contribution < 1.29 is 4.74 Å². The molecule has 1 aromatic rings. The van der Waals surface area contributed by atoms with Gasteiger partial charge in [-0.15, -0.1) is 0 Å². The Morgan fingerprint density at radius 2 is 1.62 bits per heavy atom. The van der Waals surface area contributed by atoms with Crippen molar-refractivity contribution in [3.63, 3.8) is 0 Å². The zero-order valence-corrected chi connectivity index (χ0v) is 9.70. The van der Waals surface area contributed by atoms with Crippen LogP contribution in [-0.2, 0) is 0 Å². The predicted molar refractivity (Wildman–Crippen MR) is 58.8 cm³/mol. The molecule has 0 N–H and O–H groups in total. The number of rotatable bonds is 1. The summed E-state index contributed by atoms with van der Waals surface area (Å²) in [7, 11) is 1.66. The quantitative estimate of drug-likeness (QED) is 0.666. The molecule has 1 rings (SSSR count). The lowest BCUT2D eigenvalue weighted by Crippen LogP contribution is -1.88. The number of aryl methyl sites for hydroxylation is 2. The van der Waals surface area contributed by atoms with Crippen LogP contribution >= 0.6 is 11.6 Å². The van der Waals surface area contributed by atoms with Crippen molar-refractivity contribution in [1.29, 1.82) is 0 Å². The first-order valence-corrected chi connectivity index (χ1v) is 4.83. The summed E-state index contributed by atoms with van der Waals surface area (Å²) in [6.45, 7) is 7.94. The van der Waals surface area contributed by atoms with Crippen LogP contribution < -0.4 is 4.74 Å². The van der Waals surface area contributed by atoms with E-state index in [9.17, 15) is 0 Å². The van der Waals surface area contributed by atoms with Crippen molar-refractivity contribution in [3.05, 3.63) is 28.3 Å². The highest BCUT2D eigenvalue weighted by atomic mass is 35.5. The fraction of sp³-hybridized carbons (Fsp3) is 0.455. The molecule has 0 bridgehead atoms. The number of methoxy groups -OCH3 is 1. The molecule has 0 radical (unpaired) electrons. The summed E-state index contributed by atoms with van der Waals surface area (Å²) in [5.74, 6) is 0.895. The van der Waals surface area contributed by atoms with Gasteiger partial charge in [0.15, 0.2) is 0 Å². The van der Waals surface area contributed by atoms with E-state index in [1.165, 1.54) is 0 Å². The Morgan fingerprint density at radius 3 is 2.08 bits per heavy atom. The highest BCUT2D eigenvalue weighted by Crippen LogP contribution is 2.25. The first kappa shape index (κ1) is 12.3. The van der Waals surface area contributed by atoms with Crippen LogP contribution in [0.1, 0.15) is 25.0 Å². The lowest BCUT2D eigenvalue weighted by molar-refractivity contribution is 0.411. The summed E-state index contributed by atoms with van der Waals surface area (Å²) in [6, 6.07) is 3.85. The Bertz CT molecular complexity index is 269. The molecule has 13 heavy (non-hydrogen) atoms. The summed E-state index contributed by atoms with van der Waals surface area (Å²) in [5, 5.41) is 0.795. The van der Waals surface area contributed by atoms with Gasteiger partial charge >= 0.3 is 0 Å². The van der Waals surface area contributed by atoms with Crippen molar-refractivity contribution in [3.8, 4) is 5.75 Å². The van der Waals surface area contributed by atoms with Gasteiger partial charge in [-0.05, 0) is 37.1 Å². The van der Waals surface area contributed by atoms with E-state index in [2.05, 4.69) is 0 Å². The number of hydrogen-bond acceptors (Lipinski definition) is 1. The van der Waals surface area contributed by atoms with Gasteiger partial charge in [0.2, 0.25) is 0 Å². The van der Waals surface area contributed by atoms with Crippen LogP contribution in [0.5, 0.6) is 5.75 Å². The number of benzene rings is 1. The summed E-state index contributed by atoms with van der Waals surface area (Å²) in [6.07, 6.45) is 0. The maximum absolute atomic E-state index is 5.89. The molecule has 1 aromatic carbocycles. The average Bonchev–Trinajstić information content (AvgIpc) is 2.15. The molecular formula is C11H17ClO. The zero-order chi connectivity index (χ0) is 10.4. The van der Waals surface area contributed by atoms with E-state index in [1.54, 1.807) is 7.11 Å². The van der Waals surface area contributed by atoms with Crippen LogP contribution in [0.15, 0.2) is 12.1 Å². The minimum absolute atomic E-state index is 0.795. The van der Waals surface area contributed by atoms with Gasteiger partial charge in [0, 0.05) is 5.02 Å². The van der Waals surface area contributed by atoms with Gasteiger partial charge in [0.1, 0.15) is 5.75 Å². The van der Waals surface area contributed by atoms with Crippen molar-refractivity contribution in [2.24, 2.45) is 0 Å². The lowest BCUT2D eigenvalue weighted by atomic mass is 10.1. The predicted octanol–water partition coefficient (Wildman–Crippen LogP) is 3.99. The third kappa shape index (κ3) is 3.27. The van der Waals surface area contributed by atoms with E-state index in [1.807, 2.05) is 39.8 Å². The van der Waals surface area contributed by atoms with E-state index in [4.69, 9.17) is 16.3 Å². The van der Waals surface area contributed by atoms with Gasteiger partial charge < -0.3 is 4.74 Å². The smallest absolute Gasteiger partial charge is 0.122 e. The van der Waals surface area contributed by atoms with E-state index < -0.39 is 0 Å². The van der Waals surface area contributed by atoms with Crippen molar-refractivity contribution in [2.45, 2.75) is 27.7 Å². The molecule has 0 spiro atoms. The summed E-state index contributed by atoms with van der Waals surface area (Å²) < 4.78 is 5.12. The molecule has 74 valence electrons. The van der Waals surface area contributed by atoms with Crippen LogP contribution in [0.25, 0.3) is 0 Å². The van der Waals surface area contributed by atoms with Crippen LogP contribution in [0.2, 0.25) is 5.02 Å². The average molecular weight is 201 g/mol. The number of halogens is 1. The lowest BCUT2D eigenvalue weighted by Gasteiger charge is -2.06. The maximum atomic E-state index is 5.89.